The number of aliphatic hydroxyl groups excluding tert-OH is 1. The summed E-state index contributed by atoms with van der Waals surface area (Å²) >= 11 is 15.9. The lowest BCUT2D eigenvalue weighted by Gasteiger charge is -2.11. The summed E-state index contributed by atoms with van der Waals surface area (Å²) in [5.74, 6) is -0.627. The minimum atomic E-state index is -1.06. The zero-order valence-electron chi connectivity index (χ0n) is 8.25. The molecule has 0 radical (unpaired) electrons. The van der Waals surface area contributed by atoms with Gasteiger partial charge in [0.05, 0.1) is 10.0 Å². The van der Waals surface area contributed by atoms with Crippen molar-refractivity contribution in [3.8, 4) is 0 Å². The molecule has 2 aromatic rings. The molecule has 6 heteroatoms. The molecule has 1 aromatic heterocycles. The summed E-state index contributed by atoms with van der Waals surface area (Å²) in [6.45, 7) is 0. The number of rotatable bonds is 2. The van der Waals surface area contributed by atoms with Gasteiger partial charge in [-0.15, -0.1) is 11.3 Å². The maximum atomic E-state index is 13.9. The summed E-state index contributed by atoms with van der Waals surface area (Å²) in [5, 5.41) is 12.2. The largest absolute Gasteiger partial charge is 0.383 e. The molecule has 0 aliphatic heterocycles. The van der Waals surface area contributed by atoms with Crippen molar-refractivity contribution in [3.63, 3.8) is 0 Å². The van der Waals surface area contributed by atoms with E-state index in [-0.39, 0.29) is 10.6 Å². The second-order valence-corrected chi connectivity index (χ2v) is 5.95. The van der Waals surface area contributed by atoms with Gasteiger partial charge in [0.1, 0.15) is 11.9 Å². The van der Waals surface area contributed by atoms with Crippen molar-refractivity contribution in [1.82, 2.24) is 0 Å². The fourth-order valence-corrected chi connectivity index (χ4v) is 2.94. The SMILES string of the molecule is OC(c1cc(Cl)cs1)c1ccc(Br)c(Cl)c1F. The van der Waals surface area contributed by atoms with Gasteiger partial charge in [-0.05, 0) is 28.1 Å². The van der Waals surface area contributed by atoms with E-state index in [1.54, 1.807) is 17.5 Å². The zero-order chi connectivity index (χ0) is 12.6. The Kier molecular flexibility index (Phi) is 4.10. The summed E-state index contributed by atoms with van der Waals surface area (Å²) in [7, 11) is 0. The van der Waals surface area contributed by atoms with E-state index in [4.69, 9.17) is 23.2 Å². The number of hydrogen-bond acceptors (Lipinski definition) is 2. The highest BCUT2D eigenvalue weighted by Crippen LogP contribution is 2.35. The monoisotopic (exact) mass is 354 g/mol. The lowest BCUT2D eigenvalue weighted by molar-refractivity contribution is 0.219. The maximum Gasteiger partial charge on any atom is 0.149 e. The second kappa shape index (κ2) is 5.24. The van der Waals surface area contributed by atoms with E-state index < -0.39 is 11.9 Å². The van der Waals surface area contributed by atoms with Crippen LogP contribution in [0.5, 0.6) is 0 Å². The molecule has 0 bridgehead atoms. The number of thiophene rings is 1. The molecule has 17 heavy (non-hydrogen) atoms. The van der Waals surface area contributed by atoms with Crippen LogP contribution in [0.4, 0.5) is 4.39 Å². The standard InChI is InChI=1S/C11H6BrCl2FOS/c12-7-2-1-6(10(15)9(7)14)11(16)8-3-5(13)4-17-8/h1-4,11,16H. The number of hydrogen-bond donors (Lipinski definition) is 1. The van der Waals surface area contributed by atoms with Crippen molar-refractivity contribution in [3.05, 3.63) is 54.4 Å². The third kappa shape index (κ3) is 2.66. The predicted molar refractivity (Wildman–Crippen MR) is 72.5 cm³/mol. The predicted octanol–water partition coefficient (Wildman–Crippen LogP) is 5.04. The van der Waals surface area contributed by atoms with E-state index in [2.05, 4.69) is 15.9 Å². The van der Waals surface area contributed by atoms with E-state index in [0.717, 1.165) is 0 Å². The van der Waals surface area contributed by atoms with Crippen molar-refractivity contribution >= 4 is 50.5 Å². The Morgan fingerprint density at radius 1 is 1.35 bits per heavy atom. The molecule has 0 aliphatic carbocycles. The van der Waals surface area contributed by atoms with Gasteiger partial charge in [-0.1, -0.05) is 29.3 Å². The molecule has 0 amide bonds. The van der Waals surface area contributed by atoms with Gasteiger partial charge in [-0.25, -0.2) is 4.39 Å². The molecule has 0 saturated heterocycles. The van der Waals surface area contributed by atoms with Crippen molar-refractivity contribution in [2.45, 2.75) is 6.10 Å². The first-order chi connectivity index (χ1) is 8.00. The molecule has 0 saturated carbocycles. The molecule has 0 fully saturated rings. The summed E-state index contributed by atoms with van der Waals surface area (Å²) in [6.07, 6.45) is -1.06. The maximum absolute atomic E-state index is 13.9. The third-order valence-corrected chi connectivity index (χ3v) is 4.81. The molecular formula is C11H6BrCl2FOS. The Morgan fingerprint density at radius 3 is 2.65 bits per heavy atom. The number of benzene rings is 1. The fraction of sp³-hybridized carbons (Fsp3) is 0.0909. The van der Waals surface area contributed by atoms with Crippen LogP contribution >= 0.6 is 50.5 Å². The number of halogens is 4. The normalized spacial score (nSPS) is 12.8. The van der Waals surface area contributed by atoms with Crippen LogP contribution in [0.3, 0.4) is 0 Å². The summed E-state index contributed by atoms with van der Waals surface area (Å²) in [5.41, 5.74) is 0.136. The Morgan fingerprint density at radius 2 is 2.06 bits per heavy atom. The second-order valence-electron chi connectivity index (χ2n) is 3.33. The van der Waals surface area contributed by atoms with Crippen molar-refractivity contribution in [2.24, 2.45) is 0 Å². The summed E-state index contributed by atoms with van der Waals surface area (Å²) in [6, 6.07) is 4.69. The van der Waals surface area contributed by atoms with Gasteiger partial charge in [0.2, 0.25) is 0 Å². The Hall–Kier alpha value is -0.130. The first-order valence-corrected chi connectivity index (χ1v) is 6.99. The summed E-state index contributed by atoms with van der Waals surface area (Å²) in [4.78, 5) is 0.576. The fourth-order valence-electron chi connectivity index (χ4n) is 1.38. The van der Waals surface area contributed by atoms with E-state index in [9.17, 15) is 9.50 Å². The Balaban J connectivity index is 2.44. The van der Waals surface area contributed by atoms with Crippen LogP contribution in [-0.2, 0) is 0 Å². The highest BCUT2D eigenvalue weighted by Gasteiger charge is 2.19. The minimum Gasteiger partial charge on any atom is -0.383 e. The Bertz CT molecular complexity index is 558. The molecule has 90 valence electrons. The van der Waals surface area contributed by atoms with Gasteiger partial charge in [0.25, 0.3) is 0 Å². The van der Waals surface area contributed by atoms with Crippen LogP contribution in [0.1, 0.15) is 16.5 Å². The molecule has 0 aliphatic rings. The van der Waals surface area contributed by atoms with Gasteiger partial charge in [0.15, 0.2) is 0 Å². The van der Waals surface area contributed by atoms with Gasteiger partial charge in [-0.3, -0.25) is 0 Å². The topological polar surface area (TPSA) is 20.2 Å². The lowest BCUT2D eigenvalue weighted by atomic mass is 10.1. The van der Waals surface area contributed by atoms with E-state index in [0.29, 0.717) is 14.4 Å². The molecule has 0 spiro atoms. The molecule has 1 atom stereocenters. The first-order valence-electron chi connectivity index (χ1n) is 4.56. The average molecular weight is 356 g/mol. The van der Waals surface area contributed by atoms with Crippen molar-refractivity contribution in [1.29, 1.82) is 0 Å². The lowest BCUT2D eigenvalue weighted by Crippen LogP contribution is -2.01. The molecule has 1 aromatic carbocycles. The third-order valence-electron chi connectivity index (χ3n) is 2.22. The molecule has 1 heterocycles. The minimum absolute atomic E-state index is 0.0378. The zero-order valence-corrected chi connectivity index (χ0v) is 12.2. The summed E-state index contributed by atoms with van der Waals surface area (Å²) < 4.78 is 14.3. The average Bonchev–Trinajstić information content (AvgIpc) is 2.72. The smallest absolute Gasteiger partial charge is 0.149 e. The molecule has 1 nitrogen and oxygen atoms in total. The van der Waals surface area contributed by atoms with Gasteiger partial charge < -0.3 is 5.11 Å². The van der Waals surface area contributed by atoms with Crippen LogP contribution in [0.2, 0.25) is 10.0 Å². The van der Waals surface area contributed by atoms with E-state index >= 15 is 0 Å². The van der Waals surface area contributed by atoms with Gasteiger partial charge in [-0.2, -0.15) is 0 Å². The quantitative estimate of drug-likeness (QED) is 0.748. The van der Waals surface area contributed by atoms with Crippen LogP contribution in [-0.4, -0.2) is 5.11 Å². The van der Waals surface area contributed by atoms with Crippen molar-refractivity contribution < 1.29 is 9.50 Å². The molecule has 1 unspecified atom stereocenters. The van der Waals surface area contributed by atoms with Crippen LogP contribution in [0.15, 0.2) is 28.1 Å². The first kappa shape index (κ1) is 13.3. The van der Waals surface area contributed by atoms with Gasteiger partial charge in [0, 0.05) is 20.3 Å². The van der Waals surface area contributed by atoms with Crippen LogP contribution in [0, 0.1) is 5.82 Å². The van der Waals surface area contributed by atoms with Crippen molar-refractivity contribution in [2.75, 3.05) is 0 Å². The van der Waals surface area contributed by atoms with E-state index in [1.165, 1.54) is 17.4 Å². The Labute approximate surface area is 120 Å². The highest BCUT2D eigenvalue weighted by molar-refractivity contribution is 9.10. The molecular weight excluding hydrogens is 350 g/mol. The van der Waals surface area contributed by atoms with Crippen LogP contribution in [0.25, 0.3) is 0 Å². The highest BCUT2D eigenvalue weighted by atomic mass is 79.9. The van der Waals surface area contributed by atoms with Crippen LogP contribution < -0.4 is 0 Å². The number of aliphatic hydroxyl groups is 1. The molecule has 1 N–H and O–H groups in total. The van der Waals surface area contributed by atoms with Gasteiger partial charge >= 0.3 is 0 Å². The van der Waals surface area contributed by atoms with E-state index in [1.807, 2.05) is 0 Å². The molecule has 2 rings (SSSR count).